The van der Waals surface area contributed by atoms with Crippen molar-refractivity contribution in [2.24, 2.45) is 0 Å². The van der Waals surface area contributed by atoms with Crippen LogP contribution in [0.2, 0.25) is 0 Å². The van der Waals surface area contributed by atoms with E-state index in [1.807, 2.05) is 12.3 Å². The lowest BCUT2D eigenvalue weighted by molar-refractivity contribution is -0.144. The van der Waals surface area contributed by atoms with Gasteiger partial charge in [-0.05, 0) is 13.8 Å². The minimum atomic E-state index is -0.354. The smallest absolute Gasteiger partial charge is 0.320 e. The average molecular weight is 297 g/mol. The fourth-order valence-corrected chi connectivity index (χ4v) is 2.23. The van der Waals surface area contributed by atoms with Crippen LogP contribution in [0.25, 0.3) is 0 Å². The molecule has 1 heterocycles. The van der Waals surface area contributed by atoms with Gasteiger partial charge in [0.15, 0.2) is 5.13 Å². The summed E-state index contributed by atoms with van der Waals surface area (Å²) in [5.74, 6) is -0.572. The molecule has 20 heavy (non-hydrogen) atoms. The van der Waals surface area contributed by atoms with Gasteiger partial charge >= 0.3 is 5.97 Å². The van der Waals surface area contributed by atoms with Gasteiger partial charge in [0.1, 0.15) is 0 Å². The summed E-state index contributed by atoms with van der Waals surface area (Å²) in [6, 6.07) is 0. The number of hydrogen-bond donors (Lipinski definition) is 1. The van der Waals surface area contributed by atoms with Crippen LogP contribution in [0.5, 0.6) is 0 Å². The molecule has 1 N–H and O–H groups in total. The quantitative estimate of drug-likeness (QED) is 0.581. The van der Waals surface area contributed by atoms with Crippen molar-refractivity contribution in [2.75, 3.05) is 31.6 Å². The number of aromatic nitrogens is 1. The summed E-state index contributed by atoms with van der Waals surface area (Å²) in [7, 11) is 0. The van der Waals surface area contributed by atoms with Crippen molar-refractivity contribution in [1.82, 2.24) is 9.88 Å². The number of anilines is 1. The lowest BCUT2D eigenvalue weighted by Gasteiger charge is -2.18. The second-order valence-corrected chi connectivity index (χ2v) is 4.96. The molecule has 0 fully saturated rings. The molecule has 1 rings (SSSR count). The van der Waals surface area contributed by atoms with Gasteiger partial charge in [-0.15, -0.1) is 17.9 Å². The fraction of sp³-hybridized carbons (Fsp3) is 0.462. The van der Waals surface area contributed by atoms with Crippen molar-refractivity contribution in [2.45, 2.75) is 13.8 Å². The third-order valence-electron chi connectivity index (χ3n) is 2.28. The first kappa shape index (κ1) is 16.3. The number of nitrogens with one attached hydrogen (secondary N) is 1. The van der Waals surface area contributed by atoms with Crippen LogP contribution >= 0.6 is 11.3 Å². The Morgan fingerprint density at radius 1 is 1.55 bits per heavy atom. The monoisotopic (exact) mass is 297 g/mol. The Labute approximate surface area is 122 Å². The van der Waals surface area contributed by atoms with Crippen LogP contribution in [-0.2, 0) is 14.3 Å². The summed E-state index contributed by atoms with van der Waals surface area (Å²) >= 11 is 1.37. The molecule has 6 nitrogen and oxygen atoms in total. The van der Waals surface area contributed by atoms with E-state index in [2.05, 4.69) is 16.9 Å². The van der Waals surface area contributed by atoms with Crippen LogP contribution in [0.4, 0.5) is 5.13 Å². The summed E-state index contributed by atoms with van der Waals surface area (Å²) in [4.78, 5) is 29.1. The highest BCUT2D eigenvalue weighted by Crippen LogP contribution is 2.14. The molecule has 0 aliphatic carbocycles. The maximum atomic E-state index is 11.9. The lowest BCUT2D eigenvalue weighted by atomic mass is 10.4. The number of carbonyl (C=O) groups is 2. The number of carbonyl (C=O) groups excluding carboxylic acids is 2. The number of hydrogen-bond acceptors (Lipinski definition) is 6. The molecular formula is C13H19N3O3S. The molecule has 7 heteroatoms. The number of amides is 1. The molecule has 110 valence electrons. The Morgan fingerprint density at radius 2 is 2.30 bits per heavy atom. The van der Waals surface area contributed by atoms with E-state index in [4.69, 9.17) is 4.74 Å². The number of esters is 1. The number of rotatable bonds is 8. The zero-order valence-electron chi connectivity index (χ0n) is 11.7. The Bertz CT molecular complexity index is 473. The van der Waals surface area contributed by atoms with E-state index in [1.165, 1.54) is 11.3 Å². The van der Waals surface area contributed by atoms with Crippen molar-refractivity contribution in [3.63, 3.8) is 0 Å². The highest BCUT2D eigenvalue weighted by atomic mass is 32.1. The van der Waals surface area contributed by atoms with Crippen LogP contribution in [0.3, 0.4) is 0 Å². The van der Waals surface area contributed by atoms with Gasteiger partial charge in [-0.25, -0.2) is 4.98 Å². The van der Waals surface area contributed by atoms with Gasteiger partial charge in [0.2, 0.25) is 5.91 Å². The van der Waals surface area contributed by atoms with E-state index in [9.17, 15) is 9.59 Å². The van der Waals surface area contributed by atoms with E-state index in [1.54, 1.807) is 17.9 Å². The van der Waals surface area contributed by atoms with Crippen LogP contribution in [0.15, 0.2) is 18.0 Å². The normalized spacial score (nSPS) is 10.3. The molecule has 1 aromatic rings. The first-order valence-electron chi connectivity index (χ1n) is 6.26. The molecular weight excluding hydrogens is 278 g/mol. The van der Waals surface area contributed by atoms with Gasteiger partial charge in [-0.2, -0.15) is 0 Å². The number of thiazole rings is 1. The summed E-state index contributed by atoms with van der Waals surface area (Å²) in [5.41, 5.74) is 0.861. The predicted octanol–water partition coefficient (Wildman–Crippen LogP) is 1.44. The molecule has 0 aliphatic heterocycles. The van der Waals surface area contributed by atoms with Crippen molar-refractivity contribution in [1.29, 1.82) is 0 Å². The lowest BCUT2D eigenvalue weighted by Crippen LogP contribution is -2.37. The second kappa shape index (κ2) is 8.44. The van der Waals surface area contributed by atoms with Gasteiger partial charge in [-0.1, -0.05) is 6.08 Å². The number of ether oxygens (including phenoxy) is 1. The molecule has 0 saturated heterocycles. The van der Waals surface area contributed by atoms with E-state index < -0.39 is 0 Å². The first-order chi connectivity index (χ1) is 9.55. The van der Waals surface area contributed by atoms with Crippen molar-refractivity contribution >= 4 is 28.3 Å². The molecule has 0 bridgehead atoms. The largest absolute Gasteiger partial charge is 0.465 e. The predicted molar refractivity (Wildman–Crippen MR) is 78.8 cm³/mol. The van der Waals surface area contributed by atoms with Crippen LogP contribution in [0, 0.1) is 6.92 Å². The Hall–Kier alpha value is -1.73. The van der Waals surface area contributed by atoms with Gasteiger partial charge in [-0.3, -0.25) is 14.5 Å². The fourth-order valence-electron chi connectivity index (χ4n) is 1.53. The summed E-state index contributed by atoms with van der Waals surface area (Å²) in [6.45, 7) is 8.12. The second-order valence-electron chi connectivity index (χ2n) is 4.11. The molecule has 0 spiro atoms. The number of aryl methyl sites for hydroxylation is 1. The molecule has 0 aromatic carbocycles. The van der Waals surface area contributed by atoms with Gasteiger partial charge in [0.05, 0.1) is 25.4 Å². The van der Waals surface area contributed by atoms with E-state index in [0.29, 0.717) is 18.3 Å². The first-order valence-corrected chi connectivity index (χ1v) is 7.14. The topological polar surface area (TPSA) is 71.5 Å². The molecule has 0 atom stereocenters. The minimum absolute atomic E-state index is 0.0597. The molecule has 0 radical (unpaired) electrons. The molecule has 0 aliphatic rings. The summed E-state index contributed by atoms with van der Waals surface area (Å²) in [6.07, 6.45) is 1.64. The SMILES string of the molecule is C=CCN(CC(=O)Nc1nc(C)cs1)CC(=O)OCC. The Kier molecular flexibility index (Phi) is 6.89. The maximum absolute atomic E-state index is 11.9. The Morgan fingerprint density at radius 3 is 2.85 bits per heavy atom. The maximum Gasteiger partial charge on any atom is 0.320 e. The van der Waals surface area contributed by atoms with E-state index in [-0.39, 0.29) is 25.0 Å². The molecule has 1 amide bonds. The van der Waals surface area contributed by atoms with Crippen LogP contribution in [-0.4, -0.2) is 48.0 Å². The standard InChI is InChI=1S/C13H19N3O3S/c1-4-6-16(8-12(18)19-5-2)7-11(17)15-13-14-10(3)9-20-13/h4,9H,1,5-8H2,2-3H3,(H,14,15,17). The zero-order valence-corrected chi connectivity index (χ0v) is 12.5. The molecule has 1 aromatic heterocycles. The minimum Gasteiger partial charge on any atom is -0.465 e. The van der Waals surface area contributed by atoms with Crippen molar-refractivity contribution < 1.29 is 14.3 Å². The van der Waals surface area contributed by atoms with Crippen molar-refractivity contribution in [3.8, 4) is 0 Å². The summed E-state index contributed by atoms with van der Waals surface area (Å²) < 4.78 is 4.86. The Balaban J connectivity index is 2.49. The molecule has 0 saturated carbocycles. The number of nitrogens with zero attached hydrogens (tertiary/aromatic N) is 2. The third kappa shape index (κ3) is 5.94. The highest BCUT2D eigenvalue weighted by Gasteiger charge is 2.15. The zero-order chi connectivity index (χ0) is 15.0. The highest BCUT2D eigenvalue weighted by molar-refractivity contribution is 7.13. The van der Waals surface area contributed by atoms with Crippen molar-refractivity contribution in [3.05, 3.63) is 23.7 Å². The van der Waals surface area contributed by atoms with Crippen LogP contribution in [0.1, 0.15) is 12.6 Å². The van der Waals surface area contributed by atoms with E-state index >= 15 is 0 Å². The van der Waals surface area contributed by atoms with Gasteiger partial charge < -0.3 is 10.1 Å². The summed E-state index contributed by atoms with van der Waals surface area (Å²) in [5, 5.41) is 5.11. The van der Waals surface area contributed by atoms with E-state index in [0.717, 1.165) is 5.69 Å². The van der Waals surface area contributed by atoms with Gasteiger partial charge in [0.25, 0.3) is 0 Å². The van der Waals surface area contributed by atoms with Crippen LogP contribution < -0.4 is 5.32 Å². The average Bonchev–Trinajstić information content (AvgIpc) is 2.75. The molecule has 0 unspecified atom stereocenters. The third-order valence-corrected chi connectivity index (χ3v) is 3.15. The van der Waals surface area contributed by atoms with Gasteiger partial charge in [0, 0.05) is 11.9 Å².